The van der Waals surface area contributed by atoms with Crippen molar-refractivity contribution in [1.29, 1.82) is 0 Å². The molecule has 6 heteroatoms. The van der Waals surface area contributed by atoms with Gasteiger partial charge in [0.15, 0.2) is 11.5 Å². The Morgan fingerprint density at radius 1 is 1.15 bits per heavy atom. The van der Waals surface area contributed by atoms with Gasteiger partial charge in [-0.15, -0.1) is 0 Å². The molecule has 4 heterocycles. The van der Waals surface area contributed by atoms with E-state index in [9.17, 15) is 0 Å². The summed E-state index contributed by atoms with van der Waals surface area (Å²) in [4.78, 5) is 18.4. The quantitative estimate of drug-likeness (QED) is 0.783. The van der Waals surface area contributed by atoms with E-state index in [0.29, 0.717) is 5.41 Å². The number of fused-ring (bicyclic) bond motifs is 1. The minimum Gasteiger partial charge on any atom is -0.355 e. The minimum absolute atomic E-state index is 0.578. The van der Waals surface area contributed by atoms with Crippen LogP contribution in [-0.4, -0.2) is 46.1 Å². The fourth-order valence-electron chi connectivity index (χ4n) is 3.77. The number of H-pyrrole nitrogens is 1. The van der Waals surface area contributed by atoms with Gasteiger partial charge in [-0.1, -0.05) is 0 Å². The van der Waals surface area contributed by atoms with Crippen molar-refractivity contribution in [3.63, 3.8) is 0 Å². The number of rotatable bonds is 1. The maximum absolute atomic E-state index is 4.47. The maximum atomic E-state index is 4.47. The summed E-state index contributed by atoms with van der Waals surface area (Å²) < 4.78 is 0. The molecule has 0 atom stereocenters. The molecule has 2 aromatic rings. The Bertz CT molecular complexity index is 590. The van der Waals surface area contributed by atoms with Crippen molar-refractivity contribution in [2.24, 2.45) is 5.41 Å². The van der Waals surface area contributed by atoms with Crippen LogP contribution in [0.5, 0.6) is 0 Å². The molecule has 3 N–H and O–H groups in total. The number of imidazole rings is 1. The Morgan fingerprint density at radius 3 is 2.85 bits per heavy atom. The highest BCUT2D eigenvalue weighted by Gasteiger charge is 2.38. The second-order valence-electron chi connectivity index (χ2n) is 6.17. The first-order chi connectivity index (χ1) is 9.86. The van der Waals surface area contributed by atoms with Gasteiger partial charge in [0, 0.05) is 18.5 Å². The van der Waals surface area contributed by atoms with Gasteiger partial charge in [0.2, 0.25) is 0 Å². The number of aromatic nitrogens is 4. The summed E-state index contributed by atoms with van der Waals surface area (Å²) in [6, 6.07) is 0. The Kier molecular flexibility index (Phi) is 2.84. The van der Waals surface area contributed by atoms with Gasteiger partial charge in [-0.25, -0.2) is 15.0 Å². The summed E-state index contributed by atoms with van der Waals surface area (Å²) in [5, 5.41) is 2.50. The highest BCUT2D eigenvalue weighted by molar-refractivity contribution is 5.82. The number of nitrogens with zero attached hydrogens (tertiary/aromatic N) is 4. The molecule has 0 aliphatic carbocycles. The van der Waals surface area contributed by atoms with Crippen LogP contribution >= 0.6 is 0 Å². The van der Waals surface area contributed by atoms with E-state index in [1.807, 2.05) is 0 Å². The topological polar surface area (TPSA) is 74.3 Å². The van der Waals surface area contributed by atoms with Crippen LogP contribution in [0.3, 0.4) is 0 Å². The normalized spacial score (nSPS) is 22.5. The molecule has 2 aromatic heterocycles. The lowest BCUT2D eigenvalue weighted by Gasteiger charge is -2.43. The van der Waals surface area contributed by atoms with E-state index < -0.39 is 0 Å². The fraction of sp³-hybridized carbons (Fsp3) is 0.643. The second kappa shape index (κ2) is 4.70. The molecule has 0 amide bonds. The molecule has 0 unspecified atom stereocenters. The summed E-state index contributed by atoms with van der Waals surface area (Å²) in [5.41, 5.74) is 2.31. The zero-order valence-corrected chi connectivity index (χ0v) is 11.7. The van der Waals surface area contributed by atoms with Crippen molar-refractivity contribution in [3.05, 3.63) is 12.7 Å². The Hall–Kier alpha value is -1.69. The predicted octanol–water partition coefficient (Wildman–Crippen LogP) is 0.297. The molecule has 106 valence electrons. The van der Waals surface area contributed by atoms with Crippen LogP contribution in [0, 0.1) is 5.41 Å². The largest absolute Gasteiger partial charge is 0.355 e. The molecule has 0 saturated carbocycles. The number of quaternary nitrogens is 1. The van der Waals surface area contributed by atoms with Gasteiger partial charge >= 0.3 is 0 Å². The second-order valence-corrected chi connectivity index (χ2v) is 6.17. The zero-order valence-electron chi connectivity index (χ0n) is 11.7. The van der Waals surface area contributed by atoms with E-state index in [-0.39, 0.29) is 0 Å². The summed E-state index contributed by atoms with van der Waals surface area (Å²) in [6.45, 7) is 4.81. The van der Waals surface area contributed by atoms with Crippen LogP contribution in [-0.2, 0) is 0 Å². The number of nitrogens with one attached hydrogen (secondary N) is 1. The third kappa shape index (κ3) is 1.95. The molecule has 2 fully saturated rings. The van der Waals surface area contributed by atoms with Crippen LogP contribution in [0.15, 0.2) is 12.7 Å². The molecule has 0 aromatic carbocycles. The summed E-state index contributed by atoms with van der Waals surface area (Å²) in [6.07, 6.45) is 8.66. The van der Waals surface area contributed by atoms with Crippen molar-refractivity contribution in [2.75, 3.05) is 31.1 Å². The number of hydrogen-bond acceptors (Lipinski definition) is 4. The number of nitrogens with two attached hydrogens (primary N) is 1. The maximum Gasteiger partial charge on any atom is 0.182 e. The number of hydrogen-bond donors (Lipinski definition) is 2. The van der Waals surface area contributed by atoms with Crippen molar-refractivity contribution < 1.29 is 5.32 Å². The van der Waals surface area contributed by atoms with Crippen molar-refractivity contribution in [3.8, 4) is 0 Å². The first-order valence-corrected chi connectivity index (χ1v) is 7.57. The van der Waals surface area contributed by atoms with Crippen molar-refractivity contribution in [2.45, 2.75) is 25.7 Å². The SMILES string of the molecule is c1nc(N2CCC3(CCC[NH2+]C3)CC2)c2[nH]cnc2n1. The number of anilines is 1. The fourth-order valence-corrected chi connectivity index (χ4v) is 3.77. The molecular weight excluding hydrogens is 252 g/mol. The summed E-state index contributed by atoms with van der Waals surface area (Å²) in [7, 11) is 0. The summed E-state index contributed by atoms with van der Waals surface area (Å²) in [5.74, 6) is 1.02. The van der Waals surface area contributed by atoms with Gasteiger partial charge in [0.25, 0.3) is 0 Å². The predicted molar refractivity (Wildman–Crippen MR) is 76.5 cm³/mol. The third-order valence-electron chi connectivity index (χ3n) is 5.02. The monoisotopic (exact) mass is 273 g/mol. The molecule has 2 aliphatic heterocycles. The minimum atomic E-state index is 0.578. The molecule has 4 rings (SSSR count). The number of aromatic amines is 1. The molecule has 20 heavy (non-hydrogen) atoms. The van der Waals surface area contributed by atoms with Gasteiger partial charge in [0.05, 0.1) is 19.4 Å². The van der Waals surface area contributed by atoms with E-state index in [1.165, 1.54) is 38.8 Å². The van der Waals surface area contributed by atoms with Gasteiger partial charge in [-0.3, -0.25) is 0 Å². The average Bonchev–Trinajstić information content (AvgIpc) is 2.97. The molecule has 0 bridgehead atoms. The third-order valence-corrected chi connectivity index (χ3v) is 5.02. The van der Waals surface area contributed by atoms with Crippen LogP contribution in [0.2, 0.25) is 0 Å². The van der Waals surface area contributed by atoms with Gasteiger partial charge in [0.1, 0.15) is 11.8 Å². The van der Waals surface area contributed by atoms with E-state index in [1.54, 1.807) is 12.7 Å². The van der Waals surface area contributed by atoms with E-state index in [0.717, 1.165) is 30.1 Å². The highest BCUT2D eigenvalue weighted by Crippen LogP contribution is 2.37. The smallest absolute Gasteiger partial charge is 0.182 e. The van der Waals surface area contributed by atoms with Crippen LogP contribution in [0.4, 0.5) is 5.82 Å². The van der Waals surface area contributed by atoms with Crippen LogP contribution in [0.25, 0.3) is 11.2 Å². The first-order valence-electron chi connectivity index (χ1n) is 7.57. The molecule has 2 saturated heterocycles. The average molecular weight is 273 g/mol. The summed E-state index contributed by atoms with van der Waals surface area (Å²) >= 11 is 0. The molecule has 2 aliphatic rings. The lowest BCUT2D eigenvalue weighted by Crippen LogP contribution is -2.89. The zero-order chi connectivity index (χ0) is 13.4. The van der Waals surface area contributed by atoms with E-state index >= 15 is 0 Å². The van der Waals surface area contributed by atoms with Crippen molar-refractivity contribution >= 4 is 17.0 Å². The molecule has 6 nitrogen and oxygen atoms in total. The molecular formula is C14H21N6+. The standard InChI is InChI=1S/C14H20N6/c1-2-14(8-15-5-1)3-6-20(7-4-14)13-11-12(17-9-16-11)18-10-19-13/h9-10,15H,1-8H2,(H,16,17,18,19)/p+1. The Morgan fingerprint density at radius 2 is 2.05 bits per heavy atom. The van der Waals surface area contributed by atoms with Crippen LogP contribution in [0.1, 0.15) is 25.7 Å². The number of piperidine rings is 2. The Labute approximate surface area is 118 Å². The molecule has 0 radical (unpaired) electrons. The van der Waals surface area contributed by atoms with Gasteiger partial charge in [-0.05, 0) is 25.7 Å². The highest BCUT2D eigenvalue weighted by atomic mass is 15.2. The Balaban J connectivity index is 1.55. The lowest BCUT2D eigenvalue weighted by molar-refractivity contribution is -0.677. The first kappa shape index (κ1) is 12.1. The van der Waals surface area contributed by atoms with Crippen molar-refractivity contribution in [1.82, 2.24) is 19.9 Å². The lowest BCUT2D eigenvalue weighted by atomic mass is 9.73. The molecule has 1 spiro atoms. The van der Waals surface area contributed by atoms with E-state index in [4.69, 9.17) is 0 Å². The van der Waals surface area contributed by atoms with Gasteiger partial charge in [-0.2, -0.15) is 0 Å². The van der Waals surface area contributed by atoms with E-state index in [2.05, 4.69) is 30.2 Å². The van der Waals surface area contributed by atoms with Gasteiger partial charge < -0.3 is 15.2 Å². The van der Waals surface area contributed by atoms with Crippen LogP contribution < -0.4 is 10.2 Å².